The minimum Gasteiger partial charge on any atom is -0.481 e. The minimum absolute atomic E-state index is 0.102. The summed E-state index contributed by atoms with van der Waals surface area (Å²) in [5, 5.41) is 15.4. The summed E-state index contributed by atoms with van der Waals surface area (Å²) >= 11 is 0. The second-order valence-corrected chi connectivity index (χ2v) is 4.61. The van der Waals surface area contributed by atoms with Crippen LogP contribution in [0.4, 0.5) is 0 Å². The molecule has 5 nitrogen and oxygen atoms in total. The van der Waals surface area contributed by atoms with Gasteiger partial charge < -0.3 is 15.7 Å². The monoisotopic (exact) mass is 235 g/mol. The first-order valence-corrected chi connectivity index (χ1v) is 5.71. The molecule has 0 unspecified atom stereocenters. The van der Waals surface area contributed by atoms with Crippen molar-refractivity contribution in [2.75, 3.05) is 13.1 Å². The molecule has 0 saturated carbocycles. The van der Waals surface area contributed by atoms with Crippen molar-refractivity contribution in [2.45, 2.75) is 24.9 Å². The van der Waals surface area contributed by atoms with Gasteiger partial charge in [0.25, 0.3) is 0 Å². The summed E-state index contributed by atoms with van der Waals surface area (Å²) in [5.74, 6) is -0.766. The standard InChI is InChI=1S/C12H17N3O2/c1-9(10-3-2-4-13-6-10)15-12(5-11(16)17)7-14-8-12/h2-4,6,9,14-15H,5,7-8H2,1H3,(H,16,17)/t9-/m0/s1. The van der Waals surface area contributed by atoms with Crippen molar-refractivity contribution in [1.29, 1.82) is 0 Å². The van der Waals surface area contributed by atoms with Crippen molar-refractivity contribution in [1.82, 2.24) is 15.6 Å². The molecule has 0 aromatic carbocycles. The van der Waals surface area contributed by atoms with E-state index in [4.69, 9.17) is 5.11 Å². The van der Waals surface area contributed by atoms with E-state index in [1.54, 1.807) is 12.4 Å². The summed E-state index contributed by atoms with van der Waals surface area (Å²) in [6.07, 6.45) is 3.68. The van der Waals surface area contributed by atoms with Crippen LogP contribution in [0.15, 0.2) is 24.5 Å². The Kier molecular flexibility index (Phi) is 3.40. The molecule has 92 valence electrons. The number of nitrogens with one attached hydrogen (secondary N) is 2. The summed E-state index contributed by atoms with van der Waals surface area (Å²) in [4.78, 5) is 14.9. The normalized spacial score (nSPS) is 19.4. The predicted octanol–water partition coefficient (Wildman–Crippen LogP) is 0.549. The quantitative estimate of drug-likeness (QED) is 0.695. The summed E-state index contributed by atoms with van der Waals surface area (Å²) in [6, 6.07) is 3.98. The van der Waals surface area contributed by atoms with Gasteiger partial charge in [-0.05, 0) is 18.6 Å². The Balaban J connectivity index is 2.02. The fourth-order valence-corrected chi connectivity index (χ4v) is 2.17. The van der Waals surface area contributed by atoms with Crippen LogP contribution in [-0.2, 0) is 4.79 Å². The topological polar surface area (TPSA) is 74.2 Å². The molecule has 17 heavy (non-hydrogen) atoms. The van der Waals surface area contributed by atoms with E-state index in [-0.39, 0.29) is 18.0 Å². The van der Waals surface area contributed by atoms with Crippen molar-refractivity contribution >= 4 is 5.97 Å². The van der Waals surface area contributed by atoms with E-state index in [0.717, 1.165) is 5.56 Å². The maximum atomic E-state index is 10.8. The number of carbonyl (C=O) groups is 1. The zero-order valence-corrected chi connectivity index (χ0v) is 9.81. The fourth-order valence-electron chi connectivity index (χ4n) is 2.17. The molecule has 3 N–H and O–H groups in total. The molecule has 1 aromatic heterocycles. The van der Waals surface area contributed by atoms with Crippen LogP contribution in [0.1, 0.15) is 24.9 Å². The molecule has 5 heteroatoms. The highest BCUT2D eigenvalue weighted by Gasteiger charge is 2.39. The molecule has 0 aliphatic carbocycles. The first-order valence-electron chi connectivity index (χ1n) is 5.71. The van der Waals surface area contributed by atoms with Gasteiger partial charge in [-0.2, -0.15) is 0 Å². The van der Waals surface area contributed by atoms with E-state index in [9.17, 15) is 4.79 Å². The smallest absolute Gasteiger partial charge is 0.305 e. The van der Waals surface area contributed by atoms with E-state index >= 15 is 0 Å². The zero-order chi connectivity index (χ0) is 12.3. The molecule has 1 fully saturated rings. The molecule has 1 atom stereocenters. The van der Waals surface area contributed by atoms with Gasteiger partial charge in [-0.25, -0.2) is 0 Å². The number of hydrogen-bond donors (Lipinski definition) is 3. The third-order valence-electron chi connectivity index (χ3n) is 3.12. The van der Waals surface area contributed by atoms with E-state index in [1.165, 1.54) is 0 Å². The van der Waals surface area contributed by atoms with E-state index < -0.39 is 5.97 Å². The van der Waals surface area contributed by atoms with Gasteiger partial charge in [-0.3, -0.25) is 9.78 Å². The van der Waals surface area contributed by atoms with Gasteiger partial charge in [0.05, 0.1) is 12.0 Å². The number of hydrogen-bond acceptors (Lipinski definition) is 4. The maximum Gasteiger partial charge on any atom is 0.305 e. The predicted molar refractivity (Wildman–Crippen MR) is 63.6 cm³/mol. The average Bonchev–Trinajstić information content (AvgIpc) is 2.26. The molecule has 1 aliphatic heterocycles. The SMILES string of the molecule is C[C@H](NC1(CC(=O)O)CNC1)c1cccnc1. The lowest BCUT2D eigenvalue weighted by Gasteiger charge is -2.44. The summed E-state index contributed by atoms with van der Waals surface area (Å²) < 4.78 is 0. The number of aliphatic carboxylic acids is 1. The first kappa shape index (κ1) is 12.0. The number of carboxylic acid groups (broad SMARTS) is 1. The van der Waals surface area contributed by atoms with Gasteiger partial charge in [0, 0.05) is 31.5 Å². The van der Waals surface area contributed by atoms with E-state index in [1.807, 2.05) is 19.1 Å². The average molecular weight is 235 g/mol. The molecule has 2 rings (SSSR count). The lowest BCUT2D eigenvalue weighted by Crippen LogP contribution is -2.68. The van der Waals surface area contributed by atoms with Crippen molar-refractivity contribution in [2.24, 2.45) is 0 Å². The van der Waals surface area contributed by atoms with Crippen LogP contribution in [0.25, 0.3) is 0 Å². The Morgan fingerprint density at radius 3 is 2.94 bits per heavy atom. The first-order chi connectivity index (χ1) is 8.11. The van der Waals surface area contributed by atoms with Gasteiger partial charge in [0.15, 0.2) is 0 Å². The molecule has 1 saturated heterocycles. The van der Waals surface area contributed by atoms with Gasteiger partial charge in [0.2, 0.25) is 0 Å². The molecule has 0 radical (unpaired) electrons. The molecule has 1 aliphatic rings. The lowest BCUT2D eigenvalue weighted by atomic mass is 9.87. The van der Waals surface area contributed by atoms with Crippen molar-refractivity contribution in [3.63, 3.8) is 0 Å². The van der Waals surface area contributed by atoms with Crippen LogP contribution in [0, 0.1) is 0 Å². The zero-order valence-electron chi connectivity index (χ0n) is 9.81. The number of pyridine rings is 1. The molecule has 0 amide bonds. The van der Waals surface area contributed by atoms with Crippen molar-refractivity contribution in [3.8, 4) is 0 Å². The Labute approximate surface area is 100 Å². The molecule has 1 aromatic rings. The lowest BCUT2D eigenvalue weighted by molar-refractivity contribution is -0.139. The Morgan fingerprint density at radius 1 is 1.71 bits per heavy atom. The Morgan fingerprint density at radius 2 is 2.47 bits per heavy atom. The summed E-state index contributed by atoms with van der Waals surface area (Å²) in [7, 11) is 0. The van der Waals surface area contributed by atoms with Crippen LogP contribution in [0.2, 0.25) is 0 Å². The minimum atomic E-state index is -0.766. The third kappa shape index (κ3) is 2.81. The van der Waals surface area contributed by atoms with E-state index in [0.29, 0.717) is 13.1 Å². The number of aromatic nitrogens is 1. The summed E-state index contributed by atoms with van der Waals surface area (Å²) in [5.41, 5.74) is 0.755. The van der Waals surface area contributed by atoms with Crippen LogP contribution < -0.4 is 10.6 Å². The van der Waals surface area contributed by atoms with Crippen LogP contribution in [0.3, 0.4) is 0 Å². The summed E-state index contributed by atoms with van der Waals surface area (Å²) in [6.45, 7) is 3.42. The molecular weight excluding hydrogens is 218 g/mol. The van der Waals surface area contributed by atoms with Gasteiger partial charge in [-0.1, -0.05) is 6.07 Å². The highest BCUT2D eigenvalue weighted by Crippen LogP contribution is 2.22. The van der Waals surface area contributed by atoms with Crippen molar-refractivity contribution in [3.05, 3.63) is 30.1 Å². The molecule has 0 spiro atoms. The fraction of sp³-hybridized carbons (Fsp3) is 0.500. The highest BCUT2D eigenvalue weighted by atomic mass is 16.4. The largest absolute Gasteiger partial charge is 0.481 e. The van der Waals surface area contributed by atoms with Crippen LogP contribution >= 0.6 is 0 Å². The molecule has 2 heterocycles. The van der Waals surface area contributed by atoms with Gasteiger partial charge >= 0.3 is 5.97 Å². The number of nitrogens with zero attached hydrogens (tertiary/aromatic N) is 1. The Bertz CT molecular complexity index is 390. The maximum absolute atomic E-state index is 10.8. The number of rotatable bonds is 5. The second kappa shape index (κ2) is 4.81. The highest BCUT2D eigenvalue weighted by molar-refractivity contribution is 5.68. The van der Waals surface area contributed by atoms with Crippen LogP contribution in [-0.4, -0.2) is 34.7 Å². The van der Waals surface area contributed by atoms with Crippen LogP contribution in [0.5, 0.6) is 0 Å². The third-order valence-corrected chi connectivity index (χ3v) is 3.12. The van der Waals surface area contributed by atoms with Crippen molar-refractivity contribution < 1.29 is 9.90 Å². The van der Waals surface area contributed by atoms with Gasteiger partial charge in [-0.15, -0.1) is 0 Å². The Hall–Kier alpha value is -1.46. The van der Waals surface area contributed by atoms with Gasteiger partial charge in [0.1, 0.15) is 0 Å². The van der Waals surface area contributed by atoms with E-state index in [2.05, 4.69) is 15.6 Å². The molecule has 0 bridgehead atoms. The second-order valence-electron chi connectivity index (χ2n) is 4.61. The number of carboxylic acids is 1. The molecular formula is C12H17N3O2.